The van der Waals surface area contributed by atoms with E-state index in [-0.39, 0.29) is 5.75 Å². The average Bonchev–Trinajstić information content (AvgIpc) is 2.28. The summed E-state index contributed by atoms with van der Waals surface area (Å²) in [6, 6.07) is 4.53. The predicted octanol–water partition coefficient (Wildman–Crippen LogP) is 3.04. The van der Waals surface area contributed by atoms with E-state index in [1.54, 1.807) is 39.8 Å². The van der Waals surface area contributed by atoms with Gasteiger partial charge in [0.25, 0.3) is 0 Å². The second kappa shape index (κ2) is 5.73. The van der Waals surface area contributed by atoms with Crippen molar-refractivity contribution in [1.82, 2.24) is 0 Å². The number of amides is 1. The molecule has 1 aromatic rings. The number of anilines is 1. The van der Waals surface area contributed by atoms with Gasteiger partial charge in [-0.05, 0) is 39.0 Å². The molecule has 0 radical (unpaired) electrons. The fourth-order valence-electron chi connectivity index (χ4n) is 1.49. The van der Waals surface area contributed by atoms with Gasteiger partial charge in [0.2, 0.25) is 0 Å². The normalized spacial score (nSPS) is 12.6. The standard InChI is InChI=1S/C14H19NO4/c1-9(8-16)11-7-10(5-6-12(11)17)15-13(18)19-14(2,3)4/h5-9,17H,1-4H3,(H,15,18). The molecule has 2 N–H and O–H groups in total. The highest BCUT2D eigenvalue weighted by Gasteiger charge is 2.17. The molecule has 0 bridgehead atoms. The van der Waals surface area contributed by atoms with Crippen molar-refractivity contribution in [2.24, 2.45) is 0 Å². The van der Waals surface area contributed by atoms with Crippen LogP contribution in [-0.4, -0.2) is 23.1 Å². The average molecular weight is 265 g/mol. The topological polar surface area (TPSA) is 75.6 Å². The van der Waals surface area contributed by atoms with E-state index in [2.05, 4.69) is 5.32 Å². The van der Waals surface area contributed by atoms with Gasteiger partial charge in [0.1, 0.15) is 17.6 Å². The number of carbonyl (C=O) groups is 2. The maximum atomic E-state index is 11.6. The Labute approximate surface area is 112 Å². The van der Waals surface area contributed by atoms with Gasteiger partial charge in [0, 0.05) is 17.2 Å². The van der Waals surface area contributed by atoms with Gasteiger partial charge in [0.05, 0.1) is 0 Å². The Kier molecular flexibility index (Phi) is 4.53. The van der Waals surface area contributed by atoms with E-state index in [4.69, 9.17) is 4.74 Å². The smallest absolute Gasteiger partial charge is 0.412 e. The number of ether oxygens (including phenoxy) is 1. The van der Waals surface area contributed by atoms with E-state index in [1.807, 2.05) is 0 Å². The van der Waals surface area contributed by atoms with Gasteiger partial charge in [-0.15, -0.1) is 0 Å². The van der Waals surface area contributed by atoms with Crippen molar-refractivity contribution in [2.75, 3.05) is 5.32 Å². The molecule has 0 fully saturated rings. The second-order valence-electron chi connectivity index (χ2n) is 5.33. The molecule has 5 nitrogen and oxygen atoms in total. The van der Waals surface area contributed by atoms with E-state index >= 15 is 0 Å². The molecule has 1 atom stereocenters. The maximum Gasteiger partial charge on any atom is 0.412 e. The molecule has 0 aliphatic rings. The minimum atomic E-state index is -0.583. The summed E-state index contributed by atoms with van der Waals surface area (Å²) in [6.07, 6.45) is 0.148. The molecule has 0 aromatic heterocycles. The van der Waals surface area contributed by atoms with Gasteiger partial charge in [-0.25, -0.2) is 4.79 Å². The first kappa shape index (κ1) is 15.0. The number of phenolic OH excluding ortho intramolecular Hbond substituents is 1. The van der Waals surface area contributed by atoms with Crippen LogP contribution in [0.15, 0.2) is 18.2 Å². The third-order valence-electron chi connectivity index (χ3n) is 2.37. The zero-order valence-corrected chi connectivity index (χ0v) is 11.6. The van der Waals surface area contributed by atoms with Crippen LogP contribution >= 0.6 is 0 Å². The van der Waals surface area contributed by atoms with Crippen LogP contribution in [0.25, 0.3) is 0 Å². The Balaban J connectivity index is 2.86. The SMILES string of the molecule is CC(C=O)c1cc(NC(=O)OC(C)(C)C)ccc1O. The molecule has 104 valence electrons. The molecule has 0 heterocycles. The van der Waals surface area contributed by atoms with Gasteiger partial charge in [-0.2, -0.15) is 0 Å². The Hall–Kier alpha value is -2.04. The molecule has 1 aromatic carbocycles. The first-order valence-corrected chi connectivity index (χ1v) is 6.01. The fraction of sp³-hybridized carbons (Fsp3) is 0.429. The van der Waals surface area contributed by atoms with E-state index in [1.165, 1.54) is 6.07 Å². The van der Waals surface area contributed by atoms with Crippen LogP contribution in [-0.2, 0) is 9.53 Å². The molecule has 19 heavy (non-hydrogen) atoms. The van der Waals surface area contributed by atoms with Gasteiger partial charge in [-0.1, -0.05) is 6.92 Å². The summed E-state index contributed by atoms with van der Waals surface area (Å²) >= 11 is 0. The van der Waals surface area contributed by atoms with Crippen LogP contribution < -0.4 is 5.32 Å². The summed E-state index contributed by atoms with van der Waals surface area (Å²) in [5.41, 5.74) is 0.347. The Morgan fingerprint density at radius 3 is 2.58 bits per heavy atom. The molecule has 1 amide bonds. The second-order valence-corrected chi connectivity index (χ2v) is 5.33. The number of rotatable bonds is 3. The molecule has 0 saturated heterocycles. The van der Waals surface area contributed by atoms with Crippen molar-refractivity contribution < 1.29 is 19.4 Å². The summed E-state index contributed by atoms with van der Waals surface area (Å²) in [5.74, 6) is -0.422. The molecule has 0 aliphatic carbocycles. The summed E-state index contributed by atoms with van der Waals surface area (Å²) in [4.78, 5) is 22.4. The number of benzene rings is 1. The molecule has 1 unspecified atom stereocenters. The molecular formula is C14H19NO4. The van der Waals surface area contributed by atoms with Crippen molar-refractivity contribution in [3.05, 3.63) is 23.8 Å². The van der Waals surface area contributed by atoms with E-state index in [0.717, 1.165) is 6.29 Å². The van der Waals surface area contributed by atoms with Crippen LogP contribution in [0.2, 0.25) is 0 Å². The highest BCUT2D eigenvalue weighted by atomic mass is 16.6. The lowest BCUT2D eigenvalue weighted by Crippen LogP contribution is -2.27. The number of phenols is 1. The summed E-state index contributed by atoms with van der Waals surface area (Å²) < 4.78 is 5.12. The zero-order valence-electron chi connectivity index (χ0n) is 11.6. The van der Waals surface area contributed by atoms with E-state index in [9.17, 15) is 14.7 Å². The minimum absolute atomic E-state index is 0.0225. The monoisotopic (exact) mass is 265 g/mol. The lowest BCUT2D eigenvalue weighted by molar-refractivity contribution is -0.108. The highest BCUT2D eigenvalue weighted by molar-refractivity contribution is 5.85. The molecule has 0 aliphatic heterocycles. The maximum absolute atomic E-state index is 11.6. The van der Waals surface area contributed by atoms with Crippen LogP contribution in [0.3, 0.4) is 0 Å². The van der Waals surface area contributed by atoms with Crippen LogP contribution in [0.4, 0.5) is 10.5 Å². The summed E-state index contributed by atoms with van der Waals surface area (Å²) in [7, 11) is 0. The third-order valence-corrected chi connectivity index (χ3v) is 2.37. The van der Waals surface area contributed by atoms with Gasteiger partial charge in [0.15, 0.2) is 0 Å². The summed E-state index contributed by atoms with van der Waals surface area (Å²) in [6.45, 7) is 6.97. The minimum Gasteiger partial charge on any atom is -0.508 e. The van der Waals surface area contributed by atoms with Gasteiger partial charge < -0.3 is 14.6 Å². The molecule has 0 saturated carbocycles. The van der Waals surface area contributed by atoms with E-state index in [0.29, 0.717) is 11.3 Å². The van der Waals surface area contributed by atoms with Gasteiger partial charge in [-0.3, -0.25) is 5.32 Å². The van der Waals surface area contributed by atoms with Crippen molar-refractivity contribution in [2.45, 2.75) is 39.2 Å². The fourth-order valence-corrected chi connectivity index (χ4v) is 1.49. The number of aldehydes is 1. The van der Waals surface area contributed by atoms with Crippen molar-refractivity contribution in [1.29, 1.82) is 0 Å². The lowest BCUT2D eigenvalue weighted by atomic mass is 10.0. The van der Waals surface area contributed by atoms with Gasteiger partial charge >= 0.3 is 6.09 Å². The number of hydrogen-bond acceptors (Lipinski definition) is 4. The number of hydrogen-bond donors (Lipinski definition) is 2. The van der Waals surface area contributed by atoms with E-state index < -0.39 is 17.6 Å². The lowest BCUT2D eigenvalue weighted by Gasteiger charge is -2.20. The zero-order chi connectivity index (χ0) is 14.6. The number of nitrogens with one attached hydrogen (secondary N) is 1. The Morgan fingerprint density at radius 1 is 1.42 bits per heavy atom. The van der Waals surface area contributed by atoms with Crippen molar-refractivity contribution in [3.8, 4) is 5.75 Å². The molecule has 1 rings (SSSR count). The van der Waals surface area contributed by atoms with Crippen molar-refractivity contribution >= 4 is 18.1 Å². The predicted molar refractivity (Wildman–Crippen MR) is 72.4 cm³/mol. The van der Waals surface area contributed by atoms with Crippen LogP contribution in [0, 0.1) is 0 Å². The largest absolute Gasteiger partial charge is 0.508 e. The first-order valence-electron chi connectivity index (χ1n) is 6.01. The number of carbonyl (C=O) groups excluding carboxylic acids is 2. The molecule has 5 heteroatoms. The Morgan fingerprint density at radius 2 is 2.05 bits per heavy atom. The van der Waals surface area contributed by atoms with Crippen LogP contribution in [0.5, 0.6) is 5.75 Å². The first-order chi connectivity index (χ1) is 8.73. The number of aromatic hydroxyl groups is 1. The third kappa shape index (κ3) is 4.62. The highest BCUT2D eigenvalue weighted by Crippen LogP contribution is 2.27. The van der Waals surface area contributed by atoms with Crippen molar-refractivity contribution in [3.63, 3.8) is 0 Å². The van der Waals surface area contributed by atoms with Crippen LogP contribution in [0.1, 0.15) is 39.2 Å². The summed E-state index contributed by atoms with van der Waals surface area (Å²) in [5, 5.41) is 12.2. The molecular weight excluding hydrogens is 246 g/mol. The quantitative estimate of drug-likeness (QED) is 0.650. The molecule has 0 spiro atoms. The Bertz CT molecular complexity index is 477.